The molecule has 0 saturated carbocycles. The number of fused-ring (bicyclic) bond motifs is 1. The van der Waals surface area contributed by atoms with Gasteiger partial charge in [0.1, 0.15) is 0 Å². The number of para-hydroxylation sites is 1. The van der Waals surface area contributed by atoms with Gasteiger partial charge in [-0.2, -0.15) is 0 Å². The van der Waals surface area contributed by atoms with E-state index in [4.69, 9.17) is 0 Å². The van der Waals surface area contributed by atoms with Crippen molar-refractivity contribution in [3.05, 3.63) is 77.5 Å². The second-order valence-electron chi connectivity index (χ2n) is 7.04. The van der Waals surface area contributed by atoms with Crippen molar-refractivity contribution in [2.24, 2.45) is 0 Å². The number of hydrogen-bond donors (Lipinski definition) is 1. The summed E-state index contributed by atoms with van der Waals surface area (Å²) < 4.78 is 0. The van der Waals surface area contributed by atoms with E-state index >= 15 is 0 Å². The molecule has 1 aromatic heterocycles. The fraction of sp³-hybridized carbons (Fsp3) is 0.261. The molecule has 27 heavy (non-hydrogen) atoms. The average Bonchev–Trinajstić information content (AvgIpc) is 3.11. The number of aryl methyl sites for hydroxylation is 1. The van der Waals surface area contributed by atoms with Crippen molar-refractivity contribution >= 4 is 34.1 Å². The van der Waals surface area contributed by atoms with Crippen molar-refractivity contribution in [3.63, 3.8) is 0 Å². The topological polar surface area (TPSA) is 36.1 Å². The van der Waals surface area contributed by atoms with Gasteiger partial charge in [-0.05, 0) is 36.1 Å². The molecule has 2 aromatic carbocycles. The minimum atomic E-state index is 0.236. The maximum Gasteiger partial charge on any atom is 0.232 e. The van der Waals surface area contributed by atoms with E-state index in [-0.39, 0.29) is 5.91 Å². The Balaban J connectivity index is 1.31. The molecule has 0 aliphatic carbocycles. The Bertz CT molecular complexity index is 989. The molecule has 2 heterocycles. The number of H-pyrrole nitrogens is 1. The number of aromatic nitrogens is 1. The zero-order valence-corrected chi connectivity index (χ0v) is 16.4. The van der Waals surface area contributed by atoms with Crippen LogP contribution >= 0.6 is 11.8 Å². The molecule has 0 unspecified atom stereocenters. The van der Waals surface area contributed by atoms with Crippen molar-refractivity contribution in [3.8, 4) is 0 Å². The number of nitrogens with one attached hydrogen (secondary N) is 1. The van der Waals surface area contributed by atoms with Crippen LogP contribution in [0.5, 0.6) is 0 Å². The van der Waals surface area contributed by atoms with E-state index in [2.05, 4.69) is 66.6 Å². The number of hydrogen-bond acceptors (Lipinski definition) is 2. The van der Waals surface area contributed by atoms with Gasteiger partial charge in [0, 0.05) is 35.9 Å². The van der Waals surface area contributed by atoms with Crippen LogP contribution in [0, 0.1) is 6.92 Å². The molecule has 138 valence electrons. The molecule has 0 spiro atoms. The first-order valence-corrected chi connectivity index (χ1v) is 10.5. The highest BCUT2D eigenvalue weighted by Gasteiger charge is 2.18. The molecule has 0 bridgehead atoms. The lowest BCUT2D eigenvalue weighted by Crippen LogP contribution is -2.35. The summed E-state index contributed by atoms with van der Waals surface area (Å²) in [6.07, 6.45) is 5.20. The monoisotopic (exact) mass is 376 g/mol. The minimum Gasteiger partial charge on any atom is -0.361 e. The van der Waals surface area contributed by atoms with Crippen molar-refractivity contribution in [2.75, 3.05) is 18.8 Å². The van der Waals surface area contributed by atoms with E-state index < -0.39 is 0 Å². The van der Waals surface area contributed by atoms with Crippen LogP contribution in [-0.2, 0) is 10.5 Å². The fourth-order valence-electron chi connectivity index (χ4n) is 3.59. The van der Waals surface area contributed by atoms with Crippen LogP contribution in [0.4, 0.5) is 0 Å². The molecular weight excluding hydrogens is 352 g/mol. The van der Waals surface area contributed by atoms with Gasteiger partial charge in [0.25, 0.3) is 0 Å². The lowest BCUT2D eigenvalue weighted by Gasteiger charge is -2.26. The summed E-state index contributed by atoms with van der Waals surface area (Å²) >= 11 is 1.69. The lowest BCUT2D eigenvalue weighted by atomic mass is 9.98. The van der Waals surface area contributed by atoms with E-state index in [0.29, 0.717) is 5.75 Å². The predicted octanol–water partition coefficient (Wildman–Crippen LogP) is 5.03. The summed E-state index contributed by atoms with van der Waals surface area (Å²) in [5, 5.41) is 1.25. The van der Waals surface area contributed by atoms with Crippen LogP contribution in [0.1, 0.15) is 23.1 Å². The molecule has 0 radical (unpaired) electrons. The minimum absolute atomic E-state index is 0.236. The average molecular weight is 377 g/mol. The quantitative estimate of drug-likeness (QED) is 0.678. The third-order valence-electron chi connectivity index (χ3n) is 5.11. The Kier molecular flexibility index (Phi) is 5.35. The van der Waals surface area contributed by atoms with E-state index in [9.17, 15) is 4.79 Å². The summed E-state index contributed by atoms with van der Waals surface area (Å²) in [4.78, 5) is 17.8. The highest BCUT2D eigenvalue weighted by atomic mass is 32.2. The van der Waals surface area contributed by atoms with Crippen LogP contribution in [0.3, 0.4) is 0 Å². The highest BCUT2D eigenvalue weighted by molar-refractivity contribution is 7.99. The second kappa shape index (κ2) is 8.05. The first-order valence-electron chi connectivity index (χ1n) is 9.37. The largest absolute Gasteiger partial charge is 0.361 e. The van der Waals surface area contributed by atoms with Crippen LogP contribution < -0.4 is 0 Å². The molecule has 0 fully saturated rings. The van der Waals surface area contributed by atoms with Crippen molar-refractivity contribution in [2.45, 2.75) is 19.1 Å². The van der Waals surface area contributed by atoms with Crippen LogP contribution in [0.25, 0.3) is 16.5 Å². The molecule has 1 amide bonds. The van der Waals surface area contributed by atoms with Gasteiger partial charge in [0.2, 0.25) is 5.91 Å². The molecule has 4 heteroatoms. The summed E-state index contributed by atoms with van der Waals surface area (Å²) in [6, 6.07) is 16.9. The van der Waals surface area contributed by atoms with E-state index in [1.165, 1.54) is 27.6 Å². The maximum absolute atomic E-state index is 12.6. The van der Waals surface area contributed by atoms with Gasteiger partial charge in [-0.3, -0.25) is 4.79 Å². The molecule has 0 saturated heterocycles. The molecule has 1 aliphatic rings. The van der Waals surface area contributed by atoms with Crippen molar-refractivity contribution < 1.29 is 4.79 Å². The molecule has 3 nitrogen and oxygen atoms in total. The standard InChI is InChI=1S/C23H24N2OS/c1-17-5-4-6-19(13-17)18-9-11-25(12-10-18)23(26)16-27-15-20-14-24-22-8-3-2-7-21(20)22/h2-9,13-14,24H,10-12,15-16H2,1H3. The zero-order chi connectivity index (χ0) is 18.6. The van der Waals surface area contributed by atoms with Crippen LogP contribution in [0.15, 0.2) is 60.8 Å². The Morgan fingerprint density at radius 2 is 2.07 bits per heavy atom. The normalized spacial score (nSPS) is 14.4. The number of carbonyl (C=O) groups is 1. The summed E-state index contributed by atoms with van der Waals surface area (Å²) in [5.41, 5.74) is 6.35. The summed E-state index contributed by atoms with van der Waals surface area (Å²) in [7, 11) is 0. The SMILES string of the molecule is Cc1cccc(C2=CCN(C(=O)CSCc3c[nH]c4ccccc34)CC2)c1. The van der Waals surface area contributed by atoms with Gasteiger partial charge < -0.3 is 9.88 Å². The number of benzene rings is 2. The smallest absolute Gasteiger partial charge is 0.232 e. The summed E-state index contributed by atoms with van der Waals surface area (Å²) in [6.45, 7) is 3.65. The van der Waals surface area contributed by atoms with Crippen molar-refractivity contribution in [1.29, 1.82) is 0 Å². The number of carbonyl (C=O) groups excluding carboxylic acids is 1. The first-order chi connectivity index (χ1) is 13.2. The van der Waals surface area contributed by atoms with Gasteiger partial charge in [-0.1, -0.05) is 54.1 Å². The molecule has 4 rings (SSSR count). The lowest BCUT2D eigenvalue weighted by molar-refractivity contribution is -0.127. The van der Waals surface area contributed by atoms with Crippen LogP contribution in [0.2, 0.25) is 0 Å². The number of amides is 1. The van der Waals surface area contributed by atoms with Gasteiger partial charge in [-0.15, -0.1) is 11.8 Å². The van der Waals surface area contributed by atoms with E-state index in [0.717, 1.165) is 30.8 Å². The summed E-state index contributed by atoms with van der Waals surface area (Å²) in [5.74, 6) is 1.63. The Hall–Kier alpha value is -2.46. The molecule has 1 N–H and O–H groups in total. The fourth-order valence-corrected chi connectivity index (χ4v) is 4.51. The van der Waals surface area contributed by atoms with Crippen LogP contribution in [-0.4, -0.2) is 34.6 Å². The number of aromatic amines is 1. The maximum atomic E-state index is 12.6. The molecule has 3 aromatic rings. The highest BCUT2D eigenvalue weighted by Crippen LogP contribution is 2.25. The van der Waals surface area contributed by atoms with Gasteiger partial charge in [0.15, 0.2) is 0 Å². The molecular formula is C23H24N2OS. The molecule has 0 atom stereocenters. The Morgan fingerprint density at radius 3 is 2.89 bits per heavy atom. The Morgan fingerprint density at radius 1 is 1.19 bits per heavy atom. The van der Waals surface area contributed by atoms with Crippen molar-refractivity contribution in [1.82, 2.24) is 9.88 Å². The number of rotatable bonds is 5. The van der Waals surface area contributed by atoms with Gasteiger partial charge in [0.05, 0.1) is 5.75 Å². The van der Waals surface area contributed by atoms with E-state index in [1.54, 1.807) is 11.8 Å². The number of thioether (sulfide) groups is 1. The first kappa shape index (κ1) is 17.9. The second-order valence-corrected chi connectivity index (χ2v) is 8.03. The zero-order valence-electron chi connectivity index (χ0n) is 15.6. The third-order valence-corrected chi connectivity index (χ3v) is 6.07. The molecule has 1 aliphatic heterocycles. The van der Waals surface area contributed by atoms with E-state index in [1.807, 2.05) is 11.0 Å². The van der Waals surface area contributed by atoms with Gasteiger partial charge >= 0.3 is 0 Å². The van der Waals surface area contributed by atoms with Gasteiger partial charge in [-0.25, -0.2) is 0 Å². The predicted molar refractivity (Wildman–Crippen MR) is 115 cm³/mol. The number of nitrogens with zero attached hydrogens (tertiary/aromatic N) is 1. The Labute approximate surface area is 164 Å². The third kappa shape index (κ3) is 4.11.